The Labute approximate surface area is 206 Å². The van der Waals surface area contributed by atoms with Crippen molar-refractivity contribution in [1.29, 1.82) is 0 Å². The Bertz CT molecular complexity index is 1230. The van der Waals surface area contributed by atoms with E-state index in [4.69, 9.17) is 9.26 Å². The van der Waals surface area contributed by atoms with E-state index in [0.717, 1.165) is 45.1 Å². The third kappa shape index (κ3) is 6.09. The number of carbonyl (C=O) groups excluding carboxylic acids is 1. The van der Waals surface area contributed by atoms with E-state index in [9.17, 15) is 4.79 Å². The molecule has 3 aromatic carbocycles. The number of carbonyl (C=O) groups is 1. The van der Waals surface area contributed by atoms with Crippen LogP contribution in [0.4, 0.5) is 5.69 Å². The van der Waals surface area contributed by atoms with E-state index in [1.807, 2.05) is 82.5 Å². The largest absolute Gasteiger partial charge is 0.489 e. The predicted molar refractivity (Wildman–Crippen MR) is 138 cm³/mol. The normalized spacial score (nSPS) is 11.7. The predicted octanol–water partition coefficient (Wildman–Crippen LogP) is 5.38. The van der Waals surface area contributed by atoms with Crippen LogP contribution in [0.15, 0.2) is 83.4 Å². The summed E-state index contributed by atoms with van der Waals surface area (Å²) in [5.41, 5.74) is 5.91. The van der Waals surface area contributed by atoms with Gasteiger partial charge in [0.2, 0.25) is 5.91 Å². The van der Waals surface area contributed by atoms with Crippen LogP contribution in [0.5, 0.6) is 5.75 Å². The molecule has 0 spiro atoms. The summed E-state index contributed by atoms with van der Waals surface area (Å²) in [5, 5.41) is 7.17. The zero-order valence-corrected chi connectivity index (χ0v) is 20.6. The molecule has 1 amide bonds. The summed E-state index contributed by atoms with van der Waals surface area (Å²) >= 11 is 0. The van der Waals surface area contributed by atoms with Gasteiger partial charge >= 0.3 is 0 Å². The highest BCUT2D eigenvalue weighted by Crippen LogP contribution is 2.25. The van der Waals surface area contributed by atoms with Crippen molar-refractivity contribution in [2.24, 2.45) is 0 Å². The lowest BCUT2D eigenvalue weighted by molar-refractivity contribution is -0.120. The van der Waals surface area contributed by atoms with Crippen LogP contribution in [0.2, 0.25) is 0 Å². The van der Waals surface area contributed by atoms with Gasteiger partial charge in [-0.05, 0) is 54.8 Å². The third-order valence-corrected chi connectivity index (χ3v) is 6.03. The number of ether oxygens (including phenoxy) is 1. The maximum absolute atomic E-state index is 13.0. The maximum Gasteiger partial charge on any atom is 0.225 e. The Hall–Kier alpha value is -4.06. The van der Waals surface area contributed by atoms with Gasteiger partial charge < -0.3 is 19.5 Å². The zero-order valence-electron chi connectivity index (χ0n) is 20.6. The molecule has 0 aliphatic rings. The second-order valence-corrected chi connectivity index (χ2v) is 8.81. The van der Waals surface area contributed by atoms with Crippen molar-refractivity contribution < 1.29 is 14.1 Å². The van der Waals surface area contributed by atoms with Crippen molar-refractivity contribution in [2.75, 3.05) is 19.0 Å². The molecule has 4 rings (SSSR count). The number of hydrogen-bond donors (Lipinski definition) is 1. The lowest BCUT2D eigenvalue weighted by atomic mass is 9.98. The van der Waals surface area contributed by atoms with E-state index in [-0.39, 0.29) is 18.4 Å². The van der Waals surface area contributed by atoms with Gasteiger partial charge in [-0.15, -0.1) is 0 Å². The molecule has 0 aliphatic carbocycles. The minimum atomic E-state index is -0.224. The Morgan fingerprint density at radius 3 is 2.20 bits per heavy atom. The minimum Gasteiger partial charge on any atom is -0.489 e. The van der Waals surface area contributed by atoms with Crippen LogP contribution < -0.4 is 15.0 Å². The molecule has 0 saturated heterocycles. The number of anilines is 1. The summed E-state index contributed by atoms with van der Waals surface area (Å²) in [6.07, 6.45) is 0.281. The lowest BCUT2D eigenvalue weighted by Crippen LogP contribution is -2.30. The third-order valence-electron chi connectivity index (χ3n) is 6.03. The first-order chi connectivity index (χ1) is 16.9. The summed E-state index contributed by atoms with van der Waals surface area (Å²) in [4.78, 5) is 15.1. The number of benzene rings is 3. The summed E-state index contributed by atoms with van der Waals surface area (Å²) in [5.74, 6) is 1.46. The first-order valence-electron chi connectivity index (χ1n) is 11.7. The van der Waals surface area contributed by atoms with Crippen LogP contribution in [0.1, 0.15) is 39.7 Å². The van der Waals surface area contributed by atoms with Gasteiger partial charge in [0.15, 0.2) is 0 Å². The summed E-state index contributed by atoms with van der Waals surface area (Å²) in [6, 6.07) is 25.7. The Kier molecular flexibility index (Phi) is 7.51. The fourth-order valence-electron chi connectivity index (χ4n) is 3.93. The quantitative estimate of drug-likeness (QED) is 0.356. The summed E-state index contributed by atoms with van der Waals surface area (Å²) in [6.45, 7) is 4.17. The van der Waals surface area contributed by atoms with Crippen molar-refractivity contribution in [2.45, 2.75) is 32.9 Å². The molecular formula is C29H31N3O3. The van der Waals surface area contributed by atoms with E-state index >= 15 is 0 Å². The van der Waals surface area contributed by atoms with Crippen molar-refractivity contribution in [3.8, 4) is 5.75 Å². The Balaban J connectivity index is 1.42. The first kappa shape index (κ1) is 24.1. The molecule has 0 fully saturated rings. The number of aryl methyl sites for hydroxylation is 2. The van der Waals surface area contributed by atoms with Gasteiger partial charge in [0.25, 0.3) is 0 Å². The molecule has 0 saturated carbocycles. The van der Waals surface area contributed by atoms with E-state index in [0.29, 0.717) is 6.61 Å². The lowest BCUT2D eigenvalue weighted by Gasteiger charge is -2.21. The molecule has 0 bridgehead atoms. The number of hydrogen-bond acceptors (Lipinski definition) is 5. The Morgan fingerprint density at radius 2 is 1.60 bits per heavy atom. The van der Waals surface area contributed by atoms with Gasteiger partial charge in [0.05, 0.1) is 23.7 Å². The van der Waals surface area contributed by atoms with Crippen molar-refractivity contribution >= 4 is 11.6 Å². The number of rotatable bonds is 9. The van der Waals surface area contributed by atoms with E-state index in [2.05, 4.69) is 39.6 Å². The van der Waals surface area contributed by atoms with Crippen LogP contribution in [-0.4, -0.2) is 25.2 Å². The number of nitrogens with one attached hydrogen (secondary N) is 1. The molecule has 35 heavy (non-hydrogen) atoms. The molecule has 6 heteroatoms. The molecular weight excluding hydrogens is 438 g/mol. The van der Waals surface area contributed by atoms with E-state index < -0.39 is 0 Å². The number of nitrogens with zero attached hydrogens (tertiary/aromatic N) is 2. The summed E-state index contributed by atoms with van der Waals surface area (Å²) in [7, 11) is 4.02. The van der Waals surface area contributed by atoms with Crippen LogP contribution in [0.3, 0.4) is 0 Å². The van der Waals surface area contributed by atoms with Gasteiger partial charge in [0, 0.05) is 19.8 Å². The van der Waals surface area contributed by atoms with Crippen LogP contribution >= 0.6 is 0 Å². The smallest absolute Gasteiger partial charge is 0.225 e. The molecule has 180 valence electrons. The number of amides is 1. The van der Waals surface area contributed by atoms with Crippen LogP contribution in [-0.2, 0) is 17.8 Å². The highest BCUT2D eigenvalue weighted by atomic mass is 16.5. The molecule has 1 unspecified atom stereocenters. The topological polar surface area (TPSA) is 67.6 Å². The monoisotopic (exact) mass is 469 g/mol. The second-order valence-electron chi connectivity index (χ2n) is 8.81. The van der Waals surface area contributed by atoms with Gasteiger partial charge in [0.1, 0.15) is 18.1 Å². The molecule has 1 atom stereocenters. The van der Waals surface area contributed by atoms with Gasteiger partial charge in [-0.3, -0.25) is 4.79 Å². The van der Waals surface area contributed by atoms with Crippen LogP contribution in [0, 0.1) is 13.8 Å². The van der Waals surface area contributed by atoms with Crippen molar-refractivity contribution in [3.05, 3.63) is 113 Å². The second kappa shape index (κ2) is 10.9. The van der Waals surface area contributed by atoms with Crippen molar-refractivity contribution in [3.63, 3.8) is 0 Å². The molecule has 1 N–H and O–H groups in total. The molecule has 6 nitrogen and oxygen atoms in total. The highest BCUT2D eigenvalue weighted by molar-refractivity contribution is 5.79. The molecule has 1 heterocycles. The molecule has 4 aromatic rings. The summed E-state index contributed by atoms with van der Waals surface area (Å²) < 4.78 is 11.1. The zero-order chi connectivity index (χ0) is 24.8. The first-order valence-corrected chi connectivity index (χ1v) is 11.7. The molecule has 0 aliphatic heterocycles. The van der Waals surface area contributed by atoms with Crippen LogP contribution in [0.25, 0.3) is 0 Å². The van der Waals surface area contributed by atoms with E-state index in [1.165, 1.54) is 0 Å². The van der Waals surface area contributed by atoms with E-state index in [1.54, 1.807) is 0 Å². The fraction of sp³-hybridized carbons (Fsp3) is 0.241. The average molecular weight is 470 g/mol. The standard InChI is InChI=1S/C29H31N3O3/c1-20-27(21(2)35-31-20)19-34-26-16-10-22(11-17-26)18-28(33)30-29(23-8-6-5-7-9-23)24-12-14-25(15-13-24)32(3)4/h5-17,29H,18-19H2,1-4H3,(H,30,33). The molecule has 0 radical (unpaired) electrons. The minimum absolute atomic E-state index is 0.0417. The highest BCUT2D eigenvalue weighted by Gasteiger charge is 2.17. The molecule has 1 aromatic heterocycles. The maximum atomic E-state index is 13.0. The Morgan fingerprint density at radius 1 is 0.943 bits per heavy atom. The number of aromatic nitrogens is 1. The van der Waals surface area contributed by atoms with Crippen molar-refractivity contribution in [1.82, 2.24) is 10.5 Å². The van der Waals surface area contributed by atoms with Gasteiger partial charge in [-0.2, -0.15) is 0 Å². The fourth-order valence-corrected chi connectivity index (χ4v) is 3.93. The van der Waals surface area contributed by atoms with Gasteiger partial charge in [-0.1, -0.05) is 59.8 Å². The SMILES string of the molecule is Cc1noc(C)c1COc1ccc(CC(=O)NC(c2ccccc2)c2ccc(N(C)C)cc2)cc1. The van der Waals surface area contributed by atoms with Gasteiger partial charge in [-0.25, -0.2) is 0 Å². The average Bonchev–Trinajstić information content (AvgIpc) is 3.19.